The minimum absolute atomic E-state index is 0.0375. The minimum atomic E-state index is -1.07. The predicted molar refractivity (Wildman–Crippen MR) is 47.7 cm³/mol. The smallest absolute Gasteiger partial charge is 0.352 e. The summed E-state index contributed by atoms with van der Waals surface area (Å²) < 4.78 is 12.8. The number of nitrogens with one attached hydrogen (secondary N) is 1. The zero-order valence-electron chi connectivity index (χ0n) is 7.34. The van der Waals surface area contributed by atoms with E-state index in [2.05, 4.69) is 9.97 Å². The zero-order chi connectivity index (χ0) is 10.3. The monoisotopic (exact) mass is 194 g/mol. The molecule has 0 spiro atoms. The first-order chi connectivity index (χ1) is 6.58. The van der Waals surface area contributed by atoms with Gasteiger partial charge in [0.05, 0.1) is 11.2 Å². The molecule has 2 N–H and O–H groups in total. The Hall–Kier alpha value is -1.91. The summed E-state index contributed by atoms with van der Waals surface area (Å²) in [6.45, 7) is 1.62. The number of aromatic nitrogens is 2. The number of hydrogen-bond acceptors (Lipinski definition) is 2. The summed E-state index contributed by atoms with van der Waals surface area (Å²) in [5.41, 5.74) is 1.05. The highest BCUT2D eigenvalue weighted by atomic mass is 19.1. The van der Waals surface area contributed by atoms with E-state index in [1.54, 1.807) is 6.92 Å². The lowest BCUT2D eigenvalue weighted by molar-refractivity contribution is 0.0691. The molecule has 72 valence electrons. The molecule has 0 atom stereocenters. The quantitative estimate of drug-likeness (QED) is 0.679. The SMILES string of the molecule is Cc1nc(F)cc2cc(C(=O)O)[nH]c12. The maximum Gasteiger partial charge on any atom is 0.352 e. The lowest BCUT2D eigenvalue weighted by atomic mass is 10.2. The molecule has 0 saturated carbocycles. The molecule has 0 radical (unpaired) electrons. The molecular weight excluding hydrogens is 187 g/mol. The van der Waals surface area contributed by atoms with Crippen LogP contribution in [0.2, 0.25) is 0 Å². The largest absolute Gasteiger partial charge is 0.477 e. The summed E-state index contributed by atoms with van der Waals surface area (Å²) in [5, 5.41) is 9.22. The number of fused-ring (bicyclic) bond motifs is 1. The highest BCUT2D eigenvalue weighted by Gasteiger charge is 2.10. The van der Waals surface area contributed by atoms with Gasteiger partial charge in [-0.2, -0.15) is 4.39 Å². The molecule has 0 aliphatic carbocycles. The molecule has 0 saturated heterocycles. The van der Waals surface area contributed by atoms with Crippen molar-refractivity contribution in [2.45, 2.75) is 6.92 Å². The summed E-state index contributed by atoms with van der Waals surface area (Å²) >= 11 is 0. The Morgan fingerprint density at radius 1 is 1.57 bits per heavy atom. The third-order valence-electron chi connectivity index (χ3n) is 1.99. The fraction of sp³-hybridized carbons (Fsp3) is 0.111. The Labute approximate surface area is 78.4 Å². The van der Waals surface area contributed by atoms with E-state index in [0.29, 0.717) is 16.6 Å². The Morgan fingerprint density at radius 2 is 2.29 bits per heavy atom. The molecule has 14 heavy (non-hydrogen) atoms. The first-order valence-electron chi connectivity index (χ1n) is 3.97. The molecule has 0 amide bonds. The first kappa shape index (κ1) is 8.68. The molecule has 2 heterocycles. The lowest BCUT2D eigenvalue weighted by Crippen LogP contribution is -1.95. The Balaban J connectivity index is 2.76. The highest BCUT2D eigenvalue weighted by Crippen LogP contribution is 2.18. The van der Waals surface area contributed by atoms with E-state index in [0.717, 1.165) is 0 Å². The molecule has 5 heteroatoms. The van der Waals surface area contributed by atoms with Gasteiger partial charge >= 0.3 is 5.97 Å². The molecule has 0 unspecified atom stereocenters. The van der Waals surface area contributed by atoms with Crippen LogP contribution in [-0.2, 0) is 0 Å². The molecule has 4 nitrogen and oxygen atoms in total. The Morgan fingerprint density at radius 3 is 2.93 bits per heavy atom. The number of pyridine rings is 1. The summed E-state index contributed by atoms with van der Waals surface area (Å²) in [4.78, 5) is 16.9. The van der Waals surface area contributed by atoms with Crippen molar-refractivity contribution in [3.63, 3.8) is 0 Å². The van der Waals surface area contributed by atoms with E-state index in [4.69, 9.17) is 5.11 Å². The minimum Gasteiger partial charge on any atom is -0.477 e. The van der Waals surface area contributed by atoms with E-state index in [9.17, 15) is 9.18 Å². The summed E-state index contributed by atoms with van der Waals surface area (Å²) in [6, 6.07) is 2.58. The average molecular weight is 194 g/mol. The van der Waals surface area contributed by atoms with Crippen molar-refractivity contribution < 1.29 is 14.3 Å². The number of aromatic carboxylic acids is 1. The van der Waals surface area contributed by atoms with Gasteiger partial charge in [0.15, 0.2) is 0 Å². The van der Waals surface area contributed by atoms with Crippen molar-refractivity contribution in [2.24, 2.45) is 0 Å². The molecule has 2 rings (SSSR count). The van der Waals surface area contributed by atoms with Gasteiger partial charge < -0.3 is 10.1 Å². The molecule has 2 aromatic rings. The van der Waals surface area contributed by atoms with Gasteiger partial charge in [-0.25, -0.2) is 9.78 Å². The molecule has 0 fully saturated rings. The van der Waals surface area contributed by atoms with Crippen LogP contribution in [0.3, 0.4) is 0 Å². The lowest BCUT2D eigenvalue weighted by Gasteiger charge is -1.94. The number of hydrogen-bond donors (Lipinski definition) is 2. The molecule has 0 aliphatic heterocycles. The van der Waals surface area contributed by atoms with Crippen LogP contribution < -0.4 is 0 Å². The number of rotatable bonds is 1. The fourth-order valence-corrected chi connectivity index (χ4v) is 1.38. The number of carboxylic acids is 1. The van der Waals surface area contributed by atoms with E-state index in [1.165, 1.54) is 12.1 Å². The maximum atomic E-state index is 12.8. The number of carboxylic acid groups (broad SMARTS) is 1. The van der Waals surface area contributed by atoms with E-state index < -0.39 is 11.9 Å². The second kappa shape index (κ2) is 2.80. The van der Waals surface area contributed by atoms with Gasteiger partial charge in [-0.1, -0.05) is 0 Å². The van der Waals surface area contributed by atoms with Crippen molar-refractivity contribution >= 4 is 16.9 Å². The van der Waals surface area contributed by atoms with Gasteiger partial charge in [-0.3, -0.25) is 0 Å². The van der Waals surface area contributed by atoms with E-state index >= 15 is 0 Å². The van der Waals surface area contributed by atoms with Gasteiger partial charge in [0.2, 0.25) is 5.95 Å². The molecular formula is C9H7FN2O2. The van der Waals surface area contributed by atoms with Crippen LogP contribution >= 0.6 is 0 Å². The van der Waals surface area contributed by atoms with Crippen molar-refractivity contribution in [3.8, 4) is 0 Å². The van der Waals surface area contributed by atoms with E-state index in [-0.39, 0.29) is 5.69 Å². The summed E-state index contributed by atoms with van der Waals surface area (Å²) in [5.74, 6) is -1.67. The number of aromatic amines is 1. The van der Waals surface area contributed by atoms with Gasteiger partial charge in [-0.05, 0) is 13.0 Å². The number of carbonyl (C=O) groups is 1. The van der Waals surface area contributed by atoms with Gasteiger partial charge in [0.1, 0.15) is 5.69 Å². The highest BCUT2D eigenvalue weighted by molar-refractivity contribution is 5.94. The van der Waals surface area contributed by atoms with Gasteiger partial charge in [-0.15, -0.1) is 0 Å². The Bertz CT molecular complexity index is 519. The number of nitrogens with zero attached hydrogens (tertiary/aromatic N) is 1. The number of halogens is 1. The normalized spacial score (nSPS) is 10.7. The average Bonchev–Trinajstić information content (AvgIpc) is 2.47. The van der Waals surface area contributed by atoms with Crippen molar-refractivity contribution in [1.82, 2.24) is 9.97 Å². The fourth-order valence-electron chi connectivity index (χ4n) is 1.38. The molecule has 2 aromatic heterocycles. The number of aryl methyl sites for hydroxylation is 1. The molecule has 0 aliphatic rings. The Kier molecular flexibility index (Phi) is 1.73. The van der Waals surface area contributed by atoms with Crippen LogP contribution in [0.5, 0.6) is 0 Å². The second-order valence-electron chi connectivity index (χ2n) is 2.98. The second-order valence-corrected chi connectivity index (χ2v) is 2.98. The molecule has 0 bridgehead atoms. The van der Waals surface area contributed by atoms with Gasteiger partial charge in [0, 0.05) is 11.5 Å². The molecule has 0 aromatic carbocycles. The van der Waals surface area contributed by atoms with E-state index in [1.807, 2.05) is 0 Å². The van der Waals surface area contributed by atoms with Gasteiger partial charge in [0.25, 0.3) is 0 Å². The first-order valence-corrected chi connectivity index (χ1v) is 3.97. The van der Waals surface area contributed by atoms with Crippen molar-refractivity contribution in [3.05, 3.63) is 29.5 Å². The van der Waals surface area contributed by atoms with Crippen molar-refractivity contribution in [1.29, 1.82) is 0 Å². The summed E-state index contributed by atoms with van der Waals surface area (Å²) in [6.07, 6.45) is 0. The predicted octanol–water partition coefficient (Wildman–Crippen LogP) is 1.71. The topological polar surface area (TPSA) is 66.0 Å². The standard InChI is InChI=1S/C9H7FN2O2/c1-4-8-5(3-7(10)11-4)2-6(12-8)9(13)14/h2-3,12H,1H3,(H,13,14). The third-order valence-corrected chi connectivity index (χ3v) is 1.99. The van der Waals surface area contributed by atoms with Crippen LogP contribution in [-0.4, -0.2) is 21.0 Å². The van der Waals surface area contributed by atoms with Crippen LogP contribution in [0, 0.1) is 12.9 Å². The number of H-pyrrole nitrogens is 1. The van der Waals surface area contributed by atoms with Crippen LogP contribution in [0.15, 0.2) is 12.1 Å². The maximum absolute atomic E-state index is 12.8. The third kappa shape index (κ3) is 1.22. The van der Waals surface area contributed by atoms with Crippen molar-refractivity contribution in [2.75, 3.05) is 0 Å². The zero-order valence-corrected chi connectivity index (χ0v) is 7.34. The van der Waals surface area contributed by atoms with Crippen LogP contribution in [0.4, 0.5) is 4.39 Å². The van der Waals surface area contributed by atoms with Crippen LogP contribution in [0.25, 0.3) is 10.9 Å². The van der Waals surface area contributed by atoms with Crippen LogP contribution in [0.1, 0.15) is 16.2 Å². The summed E-state index contributed by atoms with van der Waals surface area (Å²) in [7, 11) is 0.